The number of anilines is 2. The molecule has 0 radical (unpaired) electrons. The van der Waals surface area contributed by atoms with E-state index in [1.165, 1.54) is 12.1 Å². The molecule has 5 rings (SSSR count). The van der Waals surface area contributed by atoms with Gasteiger partial charge in [-0.3, -0.25) is 20.1 Å². The Balaban J connectivity index is 1.62. The first-order valence-corrected chi connectivity index (χ1v) is 9.43. The number of hydrogen-bond acceptors (Lipinski definition) is 8. The summed E-state index contributed by atoms with van der Waals surface area (Å²) in [7, 11) is 0. The van der Waals surface area contributed by atoms with E-state index in [1.54, 1.807) is 35.0 Å². The van der Waals surface area contributed by atoms with E-state index in [0.29, 0.717) is 27.9 Å². The van der Waals surface area contributed by atoms with Crippen LogP contribution in [0, 0.1) is 10.1 Å². The van der Waals surface area contributed by atoms with Crippen molar-refractivity contribution in [1.82, 2.24) is 24.6 Å². The van der Waals surface area contributed by atoms with Gasteiger partial charge in [0, 0.05) is 29.1 Å². The number of aromatic nitrogens is 5. The van der Waals surface area contributed by atoms with Gasteiger partial charge in [-0.05, 0) is 31.1 Å². The summed E-state index contributed by atoms with van der Waals surface area (Å²) in [5.74, 6) is 0.190. The average molecular weight is 420 g/mol. The normalized spacial score (nSPS) is 15.0. The molecular formula is C19H16N8O4. The molecule has 1 aliphatic rings. The summed E-state index contributed by atoms with van der Waals surface area (Å²) in [6, 6.07) is 7.97. The number of rotatable bonds is 5. The zero-order valence-corrected chi connectivity index (χ0v) is 15.9. The maximum absolute atomic E-state index is 11.4. The fourth-order valence-electron chi connectivity index (χ4n) is 3.07. The number of nitrogens with zero attached hydrogens (tertiary/aromatic N) is 5. The van der Waals surface area contributed by atoms with Crippen molar-refractivity contribution in [1.29, 1.82) is 0 Å². The van der Waals surface area contributed by atoms with E-state index in [0.717, 1.165) is 12.8 Å². The molecule has 3 heterocycles. The van der Waals surface area contributed by atoms with Crippen LogP contribution >= 0.6 is 0 Å². The number of aromatic hydroxyl groups is 1. The zero-order chi connectivity index (χ0) is 21.5. The van der Waals surface area contributed by atoms with E-state index in [4.69, 9.17) is 0 Å². The lowest BCUT2D eigenvalue weighted by Crippen LogP contribution is -2.19. The Bertz CT molecular complexity index is 1480. The molecule has 0 unspecified atom stereocenters. The van der Waals surface area contributed by atoms with E-state index >= 15 is 0 Å². The van der Waals surface area contributed by atoms with Gasteiger partial charge in [-0.15, -0.1) is 0 Å². The van der Waals surface area contributed by atoms with Gasteiger partial charge in [-0.25, -0.2) is 9.78 Å². The van der Waals surface area contributed by atoms with Crippen LogP contribution in [0.1, 0.15) is 18.5 Å². The SMILES string of the molecule is O=c1[nH]c(O)c(C=c2cnn3c(=NC4CC4)cc(Nc4ccc([N+](=O)[O-])cc4)nc23)[nH]1. The summed E-state index contributed by atoms with van der Waals surface area (Å²) >= 11 is 0. The predicted molar refractivity (Wildman–Crippen MR) is 110 cm³/mol. The van der Waals surface area contributed by atoms with Gasteiger partial charge < -0.3 is 15.4 Å². The largest absolute Gasteiger partial charge is 0.493 e. The molecule has 12 heteroatoms. The van der Waals surface area contributed by atoms with Gasteiger partial charge in [-0.2, -0.15) is 9.61 Å². The molecule has 4 aromatic rings. The van der Waals surface area contributed by atoms with Crippen LogP contribution in [-0.2, 0) is 0 Å². The van der Waals surface area contributed by atoms with E-state index in [2.05, 4.69) is 30.4 Å². The highest BCUT2D eigenvalue weighted by molar-refractivity contribution is 5.62. The van der Waals surface area contributed by atoms with Crippen LogP contribution in [0.2, 0.25) is 0 Å². The molecule has 0 amide bonds. The molecule has 0 saturated heterocycles. The lowest BCUT2D eigenvalue weighted by molar-refractivity contribution is -0.384. The molecule has 0 bridgehead atoms. The molecule has 1 saturated carbocycles. The van der Waals surface area contributed by atoms with Crippen LogP contribution in [0.5, 0.6) is 5.88 Å². The third-order valence-corrected chi connectivity index (χ3v) is 4.73. The summed E-state index contributed by atoms with van der Waals surface area (Å²) < 4.78 is 1.59. The van der Waals surface area contributed by atoms with E-state index in [9.17, 15) is 20.0 Å². The maximum Gasteiger partial charge on any atom is 0.326 e. The molecule has 0 aliphatic heterocycles. The highest BCUT2D eigenvalue weighted by Crippen LogP contribution is 2.23. The Morgan fingerprint density at radius 1 is 1.29 bits per heavy atom. The van der Waals surface area contributed by atoms with Crippen molar-refractivity contribution >= 4 is 28.9 Å². The topological polar surface area (TPSA) is 167 Å². The number of benzene rings is 1. The Morgan fingerprint density at radius 2 is 2.06 bits per heavy atom. The molecule has 1 aromatic carbocycles. The zero-order valence-electron chi connectivity index (χ0n) is 15.9. The van der Waals surface area contributed by atoms with Crippen molar-refractivity contribution in [2.45, 2.75) is 18.9 Å². The van der Waals surface area contributed by atoms with Crippen LogP contribution in [0.25, 0.3) is 11.7 Å². The van der Waals surface area contributed by atoms with Crippen molar-refractivity contribution in [2.24, 2.45) is 4.99 Å². The number of nitro groups is 1. The van der Waals surface area contributed by atoms with Crippen molar-refractivity contribution in [2.75, 3.05) is 5.32 Å². The molecule has 1 fully saturated rings. The van der Waals surface area contributed by atoms with Gasteiger partial charge in [0.1, 0.15) is 11.5 Å². The molecule has 4 N–H and O–H groups in total. The number of imidazole rings is 1. The number of aromatic amines is 2. The molecule has 12 nitrogen and oxygen atoms in total. The highest BCUT2D eigenvalue weighted by atomic mass is 16.6. The van der Waals surface area contributed by atoms with E-state index in [1.807, 2.05) is 0 Å². The maximum atomic E-state index is 11.4. The number of nitro benzene ring substituents is 1. The van der Waals surface area contributed by atoms with E-state index < -0.39 is 10.6 Å². The van der Waals surface area contributed by atoms with Gasteiger partial charge in [0.2, 0.25) is 5.88 Å². The lowest BCUT2D eigenvalue weighted by atomic mass is 10.3. The average Bonchev–Trinajstić information content (AvgIpc) is 3.37. The quantitative estimate of drug-likeness (QED) is 0.272. The van der Waals surface area contributed by atoms with Crippen LogP contribution in [0.4, 0.5) is 17.2 Å². The molecule has 3 aromatic heterocycles. The van der Waals surface area contributed by atoms with Gasteiger partial charge in [0.15, 0.2) is 11.1 Å². The molecule has 156 valence electrons. The molecule has 31 heavy (non-hydrogen) atoms. The molecular weight excluding hydrogens is 404 g/mol. The highest BCUT2D eigenvalue weighted by Gasteiger charge is 2.20. The minimum Gasteiger partial charge on any atom is -0.493 e. The second kappa shape index (κ2) is 7.09. The van der Waals surface area contributed by atoms with Gasteiger partial charge in [-0.1, -0.05) is 0 Å². The van der Waals surface area contributed by atoms with Crippen molar-refractivity contribution in [3.05, 3.63) is 73.5 Å². The number of non-ortho nitro benzene ring substituents is 1. The minimum absolute atomic E-state index is 0.00800. The van der Waals surface area contributed by atoms with Crippen LogP contribution in [-0.4, -0.2) is 40.6 Å². The first kappa shape index (κ1) is 18.5. The lowest BCUT2D eigenvalue weighted by Gasteiger charge is -2.06. The Labute approximate surface area is 172 Å². The number of nitrogens with one attached hydrogen (secondary N) is 3. The fraction of sp³-hybridized carbons (Fsp3) is 0.158. The standard InChI is InChI=1S/C19H16N8O4/c28-18-14(23-19(29)25-18)7-10-9-20-26-16(22-12-1-2-12)8-15(24-17(10)26)21-11-3-5-13(6-4-11)27(30)31/h3-9,12,21,28H,1-2H2,(H2,23,25,29). The minimum atomic E-state index is -0.530. The first-order chi connectivity index (χ1) is 15.0. The summed E-state index contributed by atoms with van der Waals surface area (Å²) in [5, 5.41) is 28.8. The van der Waals surface area contributed by atoms with Crippen molar-refractivity contribution < 1.29 is 10.0 Å². The summed E-state index contributed by atoms with van der Waals surface area (Å²) in [6.45, 7) is 0. The van der Waals surface area contributed by atoms with Crippen LogP contribution in [0.3, 0.4) is 0 Å². The Kier molecular flexibility index (Phi) is 4.24. The number of fused-ring (bicyclic) bond motifs is 1. The van der Waals surface area contributed by atoms with Crippen LogP contribution in [0.15, 0.2) is 46.3 Å². The predicted octanol–water partition coefficient (Wildman–Crippen LogP) is 0.714. The van der Waals surface area contributed by atoms with Gasteiger partial charge >= 0.3 is 5.69 Å². The molecule has 1 aliphatic carbocycles. The fourth-order valence-corrected chi connectivity index (χ4v) is 3.07. The summed E-state index contributed by atoms with van der Waals surface area (Å²) in [4.78, 5) is 35.8. The van der Waals surface area contributed by atoms with Gasteiger partial charge in [0.25, 0.3) is 5.69 Å². The van der Waals surface area contributed by atoms with Crippen LogP contribution < -0.4 is 21.7 Å². The van der Waals surface area contributed by atoms with Crippen molar-refractivity contribution in [3.8, 4) is 5.88 Å². The number of H-pyrrole nitrogens is 2. The third kappa shape index (κ3) is 3.73. The monoisotopic (exact) mass is 420 g/mol. The smallest absolute Gasteiger partial charge is 0.326 e. The Hall–Kier alpha value is -4.48. The van der Waals surface area contributed by atoms with Gasteiger partial charge in [0.05, 0.1) is 17.2 Å². The Morgan fingerprint density at radius 3 is 2.71 bits per heavy atom. The molecule has 0 atom stereocenters. The van der Waals surface area contributed by atoms with Crippen molar-refractivity contribution in [3.63, 3.8) is 0 Å². The molecule has 0 spiro atoms. The second-order valence-corrected chi connectivity index (χ2v) is 7.11. The second-order valence-electron chi connectivity index (χ2n) is 7.11. The number of hydrogen-bond donors (Lipinski definition) is 4. The summed E-state index contributed by atoms with van der Waals surface area (Å²) in [6.07, 6.45) is 5.13. The summed E-state index contributed by atoms with van der Waals surface area (Å²) in [5.41, 5.74) is 1.36. The first-order valence-electron chi connectivity index (χ1n) is 9.43. The van der Waals surface area contributed by atoms with E-state index in [-0.39, 0.29) is 23.3 Å². The third-order valence-electron chi connectivity index (χ3n) is 4.73.